The Labute approximate surface area is 87.8 Å². The molecule has 3 nitrogen and oxygen atoms in total. The van der Waals surface area contributed by atoms with Crippen molar-refractivity contribution < 1.29 is 9.84 Å². The molecule has 0 fully saturated rings. The average Bonchev–Trinajstić information content (AvgIpc) is 2.12. The molecule has 0 aliphatic rings. The van der Waals surface area contributed by atoms with Crippen LogP contribution in [0.5, 0.6) is 0 Å². The van der Waals surface area contributed by atoms with Crippen molar-refractivity contribution in [2.24, 2.45) is 5.92 Å². The number of ether oxygens (including phenoxy) is 1. The maximum atomic E-state index is 9.82. The highest BCUT2D eigenvalue weighted by atomic mass is 16.5. The summed E-state index contributed by atoms with van der Waals surface area (Å²) in [5.74, 6) is 0.516. The van der Waals surface area contributed by atoms with E-state index in [0.29, 0.717) is 25.1 Å². The number of nitrogens with one attached hydrogen (secondary N) is 1. The van der Waals surface area contributed by atoms with Crippen LogP contribution in [0, 0.1) is 5.92 Å². The Morgan fingerprint density at radius 3 is 2.36 bits per heavy atom. The van der Waals surface area contributed by atoms with Gasteiger partial charge in [0.05, 0.1) is 12.2 Å². The normalized spacial score (nSPS) is 18.2. The smallest absolute Gasteiger partial charge is 0.0741 e. The fourth-order valence-corrected chi connectivity index (χ4v) is 1.14. The van der Waals surface area contributed by atoms with Crippen LogP contribution in [-0.2, 0) is 4.74 Å². The SMILES string of the molecule is CCC(C)(O)CNC(COC)C(C)C. The van der Waals surface area contributed by atoms with E-state index in [4.69, 9.17) is 4.74 Å². The van der Waals surface area contributed by atoms with E-state index in [9.17, 15) is 5.11 Å². The van der Waals surface area contributed by atoms with E-state index in [1.165, 1.54) is 0 Å². The lowest BCUT2D eigenvalue weighted by molar-refractivity contribution is 0.0447. The fraction of sp³-hybridized carbons (Fsp3) is 1.00. The van der Waals surface area contributed by atoms with Gasteiger partial charge in [0.2, 0.25) is 0 Å². The molecule has 0 radical (unpaired) electrons. The second kappa shape index (κ2) is 6.38. The van der Waals surface area contributed by atoms with E-state index in [1.54, 1.807) is 7.11 Å². The molecule has 2 atom stereocenters. The summed E-state index contributed by atoms with van der Waals surface area (Å²) in [6.07, 6.45) is 0.762. The van der Waals surface area contributed by atoms with Gasteiger partial charge in [0, 0.05) is 19.7 Å². The maximum absolute atomic E-state index is 9.82. The van der Waals surface area contributed by atoms with Gasteiger partial charge in [-0.25, -0.2) is 0 Å². The molecule has 0 aliphatic heterocycles. The van der Waals surface area contributed by atoms with Gasteiger partial charge < -0.3 is 15.2 Å². The molecule has 0 amide bonds. The molecule has 0 aromatic carbocycles. The van der Waals surface area contributed by atoms with Crippen LogP contribution in [0.15, 0.2) is 0 Å². The molecule has 2 N–H and O–H groups in total. The Balaban J connectivity index is 3.93. The number of hydrogen-bond donors (Lipinski definition) is 2. The van der Waals surface area contributed by atoms with E-state index >= 15 is 0 Å². The first-order valence-electron chi connectivity index (χ1n) is 5.37. The minimum Gasteiger partial charge on any atom is -0.389 e. The van der Waals surface area contributed by atoms with E-state index in [0.717, 1.165) is 6.42 Å². The van der Waals surface area contributed by atoms with Gasteiger partial charge in [-0.15, -0.1) is 0 Å². The zero-order valence-corrected chi connectivity index (χ0v) is 10.1. The zero-order chi connectivity index (χ0) is 11.2. The Morgan fingerprint density at radius 1 is 1.43 bits per heavy atom. The third kappa shape index (κ3) is 5.58. The van der Waals surface area contributed by atoms with Crippen LogP contribution in [0.4, 0.5) is 0 Å². The van der Waals surface area contributed by atoms with Gasteiger partial charge in [-0.3, -0.25) is 0 Å². The van der Waals surface area contributed by atoms with Gasteiger partial charge in [-0.1, -0.05) is 20.8 Å². The Bertz CT molecular complexity index is 146. The van der Waals surface area contributed by atoms with E-state index in [1.807, 2.05) is 13.8 Å². The predicted molar refractivity (Wildman–Crippen MR) is 59.4 cm³/mol. The van der Waals surface area contributed by atoms with E-state index < -0.39 is 5.60 Å². The lowest BCUT2D eigenvalue weighted by atomic mass is 10.0. The first-order chi connectivity index (χ1) is 6.43. The van der Waals surface area contributed by atoms with Crippen LogP contribution in [0.1, 0.15) is 34.1 Å². The van der Waals surface area contributed by atoms with Gasteiger partial charge in [-0.05, 0) is 19.3 Å². The lowest BCUT2D eigenvalue weighted by Gasteiger charge is -2.28. The van der Waals surface area contributed by atoms with Crippen LogP contribution < -0.4 is 5.32 Å². The topological polar surface area (TPSA) is 41.5 Å². The molecule has 0 spiro atoms. The highest BCUT2D eigenvalue weighted by molar-refractivity contribution is 4.78. The molecule has 86 valence electrons. The van der Waals surface area contributed by atoms with Crippen molar-refractivity contribution in [3.05, 3.63) is 0 Å². The maximum Gasteiger partial charge on any atom is 0.0741 e. The van der Waals surface area contributed by atoms with Crippen LogP contribution in [0.3, 0.4) is 0 Å². The molecule has 0 aromatic rings. The number of methoxy groups -OCH3 is 1. The number of rotatable bonds is 7. The van der Waals surface area contributed by atoms with Crippen LogP contribution >= 0.6 is 0 Å². The molecular weight excluding hydrogens is 178 g/mol. The summed E-state index contributed by atoms with van der Waals surface area (Å²) in [5, 5.41) is 13.2. The van der Waals surface area contributed by atoms with E-state index in [-0.39, 0.29) is 0 Å². The van der Waals surface area contributed by atoms with E-state index in [2.05, 4.69) is 19.2 Å². The first-order valence-corrected chi connectivity index (χ1v) is 5.37. The van der Waals surface area contributed by atoms with Crippen LogP contribution in [-0.4, -0.2) is 37.0 Å². The highest BCUT2D eigenvalue weighted by Gasteiger charge is 2.20. The van der Waals surface area contributed by atoms with Gasteiger partial charge >= 0.3 is 0 Å². The van der Waals surface area contributed by atoms with Gasteiger partial charge in [-0.2, -0.15) is 0 Å². The summed E-state index contributed by atoms with van der Waals surface area (Å²) >= 11 is 0. The quantitative estimate of drug-likeness (QED) is 0.657. The molecule has 0 rings (SSSR count). The minimum absolute atomic E-state index is 0.318. The summed E-state index contributed by atoms with van der Waals surface area (Å²) in [7, 11) is 1.70. The van der Waals surface area contributed by atoms with Crippen molar-refractivity contribution in [2.75, 3.05) is 20.3 Å². The average molecular weight is 203 g/mol. The van der Waals surface area contributed by atoms with Crippen molar-refractivity contribution in [1.29, 1.82) is 0 Å². The molecular formula is C11H25NO2. The van der Waals surface area contributed by atoms with Gasteiger partial charge in [0.25, 0.3) is 0 Å². The molecule has 0 aliphatic carbocycles. The lowest BCUT2D eigenvalue weighted by Crippen LogP contribution is -2.46. The van der Waals surface area contributed by atoms with Crippen molar-refractivity contribution in [1.82, 2.24) is 5.32 Å². The molecule has 14 heavy (non-hydrogen) atoms. The second-order valence-corrected chi connectivity index (χ2v) is 4.54. The zero-order valence-electron chi connectivity index (χ0n) is 10.1. The van der Waals surface area contributed by atoms with Crippen molar-refractivity contribution in [3.8, 4) is 0 Å². The fourth-order valence-electron chi connectivity index (χ4n) is 1.14. The molecule has 0 bridgehead atoms. The molecule has 3 heteroatoms. The number of hydrogen-bond acceptors (Lipinski definition) is 3. The molecule has 0 heterocycles. The Kier molecular flexibility index (Phi) is 6.33. The third-order valence-corrected chi connectivity index (χ3v) is 2.66. The molecule has 0 aromatic heterocycles. The van der Waals surface area contributed by atoms with Crippen molar-refractivity contribution >= 4 is 0 Å². The Hall–Kier alpha value is -0.120. The van der Waals surface area contributed by atoms with Gasteiger partial charge in [0.1, 0.15) is 0 Å². The summed E-state index contributed by atoms with van der Waals surface area (Å²) in [5.41, 5.74) is -0.610. The molecule has 2 unspecified atom stereocenters. The largest absolute Gasteiger partial charge is 0.389 e. The minimum atomic E-state index is -0.610. The van der Waals surface area contributed by atoms with Gasteiger partial charge in [0.15, 0.2) is 0 Å². The highest BCUT2D eigenvalue weighted by Crippen LogP contribution is 2.08. The summed E-state index contributed by atoms with van der Waals surface area (Å²) in [4.78, 5) is 0. The summed E-state index contributed by atoms with van der Waals surface area (Å²) in [6, 6.07) is 0.318. The standard InChI is InChI=1S/C11H25NO2/c1-6-11(4,13)8-12-10(7-14-5)9(2)3/h9-10,12-13H,6-8H2,1-5H3. The summed E-state index contributed by atoms with van der Waals surface area (Å²) in [6.45, 7) is 9.45. The third-order valence-electron chi connectivity index (χ3n) is 2.66. The monoisotopic (exact) mass is 203 g/mol. The Morgan fingerprint density at radius 2 is 2.00 bits per heavy atom. The van der Waals surface area contributed by atoms with Crippen molar-refractivity contribution in [2.45, 2.75) is 45.8 Å². The van der Waals surface area contributed by atoms with Crippen LogP contribution in [0.25, 0.3) is 0 Å². The number of aliphatic hydroxyl groups is 1. The predicted octanol–water partition coefficient (Wildman–Crippen LogP) is 1.41. The van der Waals surface area contributed by atoms with Crippen LogP contribution in [0.2, 0.25) is 0 Å². The molecule has 0 saturated carbocycles. The van der Waals surface area contributed by atoms with Crippen molar-refractivity contribution in [3.63, 3.8) is 0 Å². The first kappa shape index (κ1) is 13.9. The molecule has 0 saturated heterocycles. The summed E-state index contributed by atoms with van der Waals surface area (Å²) < 4.78 is 5.12. The second-order valence-electron chi connectivity index (χ2n) is 4.54.